The van der Waals surface area contributed by atoms with Gasteiger partial charge in [-0.15, -0.1) is 0 Å². The second-order valence-electron chi connectivity index (χ2n) is 2.63. The molecular formula is C8H4Cl3NO3. The van der Waals surface area contributed by atoms with Crippen LogP contribution in [0.3, 0.4) is 0 Å². The molecule has 0 unspecified atom stereocenters. The van der Waals surface area contributed by atoms with Crippen molar-refractivity contribution in [1.82, 2.24) is 0 Å². The number of nitro benzene ring substituents is 1. The van der Waals surface area contributed by atoms with E-state index in [0.717, 1.165) is 6.07 Å². The molecule has 0 saturated carbocycles. The Labute approximate surface area is 99.9 Å². The van der Waals surface area contributed by atoms with E-state index in [1.807, 2.05) is 0 Å². The van der Waals surface area contributed by atoms with Crippen molar-refractivity contribution >= 4 is 46.3 Å². The van der Waals surface area contributed by atoms with E-state index in [4.69, 9.17) is 34.8 Å². The minimum absolute atomic E-state index is 0.01000. The Hall–Kier alpha value is -0.840. The Kier molecular flexibility index (Phi) is 3.54. The largest absolute Gasteiger partial charge is 0.289 e. The van der Waals surface area contributed by atoms with Crippen molar-refractivity contribution in [3.63, 3.8) is 0 Å². The Balaban J connectivity index is 3.12. The van der Waals surface area contributed by atoms with Gasteiger partial charge in [0.15, 0.2) is 0 Å². The van der Waals surface area contributed by atoms with Crippen LogP contribution < -0.4 is 0 Å². The zero-order valence-electron chi connectivity index (χ0n) is 7.12. The molecule has 0 amide bonds. The fourth-order valence-corrected chi connectivity index (χ4v) is 1.25. The number of alkyl halides is 3. The summed E-state index contributed by atoms with van der Waals surface area (Å²) in [5, 5.41) is 10.4. The summed E-state index contributed by atoms with van der Waals surface area (Å²) in [5.41, 5.74) is -0.237. The number of nitrogens with zero attached hydrogens (tertiary/aromatic N) is 1. The van der Waals surface area contributed by atoms with E-state index < -0.39 is 14.5 Å². The van der Waals surface area contributed by atoms with Crippen LogP contribution in [0.15, 0.2) is 24.3 Å². The quantitative estimate of drug-likeness (QED) is 0.358. The van der Waals surface area contributed by atoms with E-state index in [9.17, 15) is 14.9 Å². The second-order valence-corrected chi connectivity index (χ2v) is 4.92. The highest BCUT2D eigenvalue weighted by atomic mass is 35.6. The van der Waals surface area contributed by atoms with Gasteiger partial charge in [-0.1, -0.05) is 46.9 Å². The molecule has 0 aliphatic heterocycles. The topological polar surface area (TPSA) is 60.2 Å². The lowest BCUT2D eigenvalue weighted by Gasteiger charge is -2.08. The van der Waals surface area contributed by atoms with Gasteiger partial charge < -0.3 is 0 Å². The SMILES string of the molecule is O=C(c1cccc([N+](=O)[O-])c1)C(Cl)(Cl)Cl. The van der Waals surface area contributed by atoms with Crippen molar-refractivity contribution in [2.24, 2.45) is 0 Å². The molecule has 0 aliphatic carbocycles. The highest BCUT2D eigenvalue weighted by molar-refractivity contribution is 6.77. The Bertz CT molecular complexity index is 414. The lowest BCUT2D eigenvalue weighted by molar-refractivity contribution is -0.384. The minimum atomic E-state index is -2.10. The first-order chi connectivity index (χ1) is 6.82. The molecule has 0 radical (unpaired) electrons. The Morgan fingerprint density at radius 1 is 1.33 bits per heavy atom. The number of hydrogen-bond donors (Lipinski definition) is 0. The summed E-state index contributed by atoms with van der Waals surface area (Å²) in [6, 6.07) is 5.00. The molecule has 4 nitrogen and oxygen atoms in total. The van der Waals surface area contributed by atoms with Gasteiger partial charge in [0.2, 0.25) is 5.78 Å². The van der Waals surface area contributed by atoms with Crippen LogP contribution in [0.2, 0.25) is 0 Å². The monoisotopic (exact) mass is 267 g/mol. The molecule has 0 aliphatic rings. The van der Waals surface area contributed by atoms with E-state index in [2.05, 4.69) is 0 Å². The molecule has 7 heteroatoms. The number of carbonyl (C=O) groups is 1. The fourth-order valence-electron chi connectivity index (χ4n) is 0.924. The third kappa shape index (κ3) is 3.06. The first-order valence-electron chi connectivity index (χ1n) is 3.68. The van der Waals surface area contributed by atoms with Crippen molar-refractivity contribution in [2.45, 2.75) is 3.79 Å². The molecule has 0 saturated heterocycles. The lowest BCUT2D eigenvalue weighted by Crippen LogP contribution is -2.18. The minimum Gasteiger partial charge on any atom is -0.289 e. The molecule has 15 heavy (non-hydrogen) atoms. The number of rotatable bonds is 2. The van der Waals surface area contributed by atoms with Crippen LogP contribution in [0.25, 0.3) is 0 Å². The van der Waals surface area contributed by atoms with Crippen LogP contribution >= 0.6 is 34.8 Å². The summed E-state index contributed by atoms with van der Waals surface area (Å²) < 4.78 is -2.10. The highest BCUT2D eigenvalue weighted by Gasteiger charge is 2.32. The molecule has 0 heterocycles. The van der Waals surface area contributed by atoms with Gasteiger partial charge in [-0.25, -0.2) is 0 Å². The third-order valence-corrected chi connectivity index (χ3v) is 2.09. The molecule has 0 fully saturated rings. The number of nitro groups is 1. The Morgan fingerprint density at radius 2 is 1.93 bits per heavy atom. The first-order valence-corrected chi connectivity index (χ1v) is 4.82. The first kappa shape index (κ1) is 12.2. The van der Waals surface area contributed by atoms with Crippen LogP contribution in [0, 0.1) is 10.1 Å². The zero-order chi connectivity index (χ0) is 11.6. The molecule has 1 aromatic carbocycles. The average Bonchev–Trinajstić information content (AvgIpc) is 2.15. The predicted octanol–water partition coefficient (Wildman–Crippen LogP) is 3.15. The van der Waals surface area contributed by atoms with Gasteiger partial charge in [0.05, 0.1) is 4.92 Å². The van der Waals surface area contributed by atoms with Gasteiger partial charge in [0, 0.05) is 17.7 Å². The number of benzene rings is 1. The predicted molar refractivity (Wildman–Crippen MR) is 57.7 cm³/mol. The van der Waals surface area contributed by atoms with E-state index in [1.54, 1.807) is 0 Å². The summed E-state index contributed by atoms with van der Waals surface area (Å²) in [4.78, 5) is 21.2. The number of hydrogen-bond acceptors (Lipinski definition) is 3. The van der Waals surface area contributed by atoms with Crippen molar-refractivity contribution in [2.75, 3.05) is 0 Å². The molecule has 1 aromatic rings. The summed E-state index contributed by atoms with van der Waals surface area (Å²) in [7, 11) is 0. The number of carbonyl (C=O) groups excluding carboxylic acids is 1. The maximum absolute atomic E-state index is 11.4. The van der Waals surface area contributed by atoms with Crippen molar-refractivity contribution in [3.8, 4) is 0 Å². The number of ketones is 1. The van der Waals surface area contributed by atoms with Gasteiger partial charge in [0.25, 0.3) is 9.48 Å². The van der Waals surface area contributed by atoms with Crippen LogP contribution in [0.5, 0.6) is 0 Å². The molecular weight excluding hydrogens is 264 g/mol. The maximum Gasteiger partial charge on any atom is 0.270 e. The maximum atomic E-state index is 11.4. The zero-order valence-corrected chi connectivity index (χ0v) is 9.38. The summed E-state index contributed by atoms with van der Waals surface area (Å²) in [6.45, 7) is 0. The molecule has 1 rings (SSSR count). The smallest absolute Gasteiger partial charge is 0.270 e. The van der Waals surface area contributed by atoms with Gasteiger partial charge in [0.1, 0.15) is 0 Å². The fraction of sp³-hybridized carbons (Fsp3) is 0.125. The van der Waals surface area contributed by atoms with Gasteiger partial charge in [-0.2, -0.15) is 0 Å². The van der Waals surface area contributed by atoms with Crippen molar-refractivity contribution < 1.29 is 9.72 Å². The standard InChI is InChI=1S/C8H4Cl3NO3/c9-8(10,11)7(13)5-2-1-3-6(4-5)12(14)15/h1-4H. The molecule has 0 aromatic heterocycles. The van der Waals surface area contributed by atoms with E-state index in [1.165, 1.54) is 18.2 Å². The third-order valence-electron chi connectivity index (χ3n) is 1.58. The van der Waals surface area contributed by atoms with Crippen molar-refractivity contribution in [1.29, 1.82) is 0 Å². The Morgan fingerprint density at radius 3 is 2.40 bits per heavy atom. The number of Topliss-reactive ketones (excluding diaryl/α,β-unsaturated/α-hetero) is 1. The van der Waals surface area contributed by atoms with Gasteiger partial charge in [-0.3, -0.25) is 14.9 Å². The van der Waals surface area contributed by atoms with Gasteiger partial charge in [-0.05, 0) is 0 Å². The molecule has 80 valence electrons. The molecule has 0 N–H and O–H groups in total. The van der Waals surface area contributed by atoms with Crippen LogP contribution in [0.4, 0.5) is 5.69 Å². The molecule has 0 bridgehead atoms. The normalized spacial score (nSPS) is 11.1. The van der Waals surface area contributed by atoms with Crippen LogP contribution in [-0.2, 0) is 0 Å². The van der Waals surface area contributed by atoms with E-state index in [0.29, 0.717) is 0 Å². The lowest BCUT2D eigenvalue weighted by atomic mass is 10.1. The average molecular weight is 268 g/mol. The summed E-state index contributed by atoms with van der Waals surface area (Å²) >= 11 is 16.1. The van der Waals surface area contributed by atoms with Crippen molar-refractivity contribution in [3.05, 3.63) is 39.9 Å². The van der Waals surface area contributed by atoms with E-state index in [-0.39, 0.29) is 11.3 Å². The molecule has 0 atom stereocenters. The van der Waals surface area contributed by atoms with Gasteiger partial charge >= 0.3 is 0 Å². The van der Waals surface area contributed by atoms with Crippen LogP contribution in [0.1, 0.15) is 10.4 Å². The van der Waals surface area contributed by atoms with E-state index >= 15 is 0 Å². The summed E-state index contributed by atoms with van der Waals surface area (Å²) in [6.07, 6.45) is 0. The number of halogens is 3. The number of non-ortho nitro benzene ring substituents is 1. The van der Waals surface area contributed by atoms with Crippen LogP contribution in [-0.4, -0.2) is 14.5 Å². The second kappa shape index (κ2) is 4.35. The molecule has 0 spiro atoms. The highest BCUT2D eigenvalue weighted by Crippen LogP contribution is 2.31. The summed E-state index contributed by atoms with van der Waals surface area (Å²) in [5.74, 6) is -0.795.